The molecule has 2 N–H and O–H groups in total. The molecule has 26 heavy (non-hydrogen) atoms. The molecule has 0 saturated carbocycles. The van der Waals surface area contributed by atoms with Crippen molar-refractivity contribution >= 4 is 29.1 Å². The Morgan fingerprint density at radius 2 is 1.88 bits per heavy atom. The topological polar surface area (TPSA) is 66.9 Å². The van der Waals surface area contributed by atoms with E-state index >= 15 is 0 Å². The lowest BCUT2D eigenvalue weighted by Gasteiger charge is -2.12. The highest BCUT2D eigenvalue weighted by atomic mass is 35.5. The predicted octanol–water partition coefficient (Wildman–Crippen LogP) is 4.61. The molecule has 3 aromatic rings. The number of carbonyl (C=O) groups excluding carboxylic acids is 1. The molecule has 0 aliphatic heterocycles. The van der Waals surface area contributed by atoms with Gasteiger partial charge in [-0.2, -0.15) is 0 Å². The number of nitrogens with zero attached hydrogens (tertiary/aromatic N) is 2. The second-order valence-corrected chi connectivity index (χ2v) is 6.40. The van der Waals surface area contributed by atoms with Crippen molar-refractivity contribution in [1.29, 1.82) is 0 Å². The van der Waals surface area contributed by atoms with Gasteiger partial charge in [-0.1, -0.05) is 48.0 Å². The third-order valence-corrected chi connectivity index (χ3v) is 4.15. The van der Waals surface area contributed by atoms with Gasteiger partial charge in [0.25, 0.3) is 5.91 Å². The molecule has 1 heterocycles. The molecule has 0 aliphatic carbocycles. The first-order valence-electron chi connectivity index (χ1n) is 8.22. The van der Waals surface area contributed by atoms with Crippen molar-refractivity contribution in [1.82, 2.24) is 9.97 Å². The zero-order chi connectivity index (χ0) is 18.5. The van der Waals surface area contributed by atoms with Crippen molar-refractivity contribution < 1.29 is 4.79 Å². The van der Waals surface area contributed by atoms with Crippen LogP contribution in [0.1, 0.15) is 27.2 Å². The Morgan fingerprint density at radius 1 is 1.12 bits per heavy atom. The number of carbonyl (C=O) groups is 1. The molecular weight excluding hydrogens is 348 g/mol. The number of rotatable bonds is 5. The minimum atomic E-state index is -0.330. The number of benzene rings is 2. The number of amides is 1. The summed E-state index contributed by atoms with van der Waals surface area (Å²) < 4.78 is 0. The van der Waals surface area contributed by atoms with Crippen LogP contribution in [0, 0.1) is 13.8 Å². The average Bonchev–Trinajstić information content (AvgIpc) is 2.64. The summed E-state index contributed by atoms with van der Waals surface area (Å²) in [6, 6.07) is 15.3. The number of nitrogens with one attached hydrogen (secondary N) is 2. The molecule has 0 unspecified atom stereocenters. The van der Waals surface area contributed by atoms with Gasteiger partial charge in [-0.15, -0.1) is 0 Å². The van der Waals surface area contributed by atoms with Gasteiger partial charge in [-0.25, -0.2) is 9.97 Å². The summed E-state index contributed by atoms with van der Waals surface area (Å²) in [5.41, 5.74) is 3.92. The smallest absolute Gasteiger partial charge is 0.274 e. The maximum absolute atomic E-state index is 12.5. The van der Waals surface area contributed by atoms with E-state index in [2.05, 4.69) is 20.6 Å². The minimum Gasteiger partial charge on any atom is -0.350 e. The fourth-order valence-electron chi connectivity index (χ4n) is 2.60. The summed E-state index contributed by atoms with van der Waals surface area (Å²) in [7, 11) is 0. The molecule has 1 amide bonds. The zero-order valence-corrected chi connectivity index (χ0v) is 15.3. The monoisotopic (exact) mass is 366 g/mol. The van der Waals surface area contributed by atoms with Crippen LogP contribution < -0.4 is 10.6 Å². The maximum atomic E-state index is 12.5. The molecule has 0 radical (unpaired) electrons. The van der Waals surface area contributed by atoms with Gasteiger partial charge < -0.3 is 10.6 Å². The fourth-order valence-corrected chi connectivity index (χ4v) is 2.97. The predicted molar refractivity (Wildman–Crippen MR) is 105 cm³/mol. The third-order valence-electron chi connectivity index (χ3n) is 3.85. The van der Waals surface area contributed by atoms with Crippen LogP contribution in [-0.2, 0) is 6.54 Å². The summed E-state index contributed by atoms with van der Waals surface area (Å²) >= 11 is 6.26. The van der Waals surface area contributed by atoms with E-state index < -0.39 is 0 Å². The SMILES string of the molecule is Cc1cc(C)c(NC(=O)c2ccnc(NCc3ccccc3)n2)c(Cl)c1. The largest absolute Gasteiger partial charge is 0.350 e. The normalized spacial score (nSPS) is 10.4. The highest BCUT2D eigenvalue weighted by Gasteiger charge is 2.13. The van der Waals surface area contributed by atoms with Crippen LogP contribution >= 0.6 is 11.6 Å². The maximum Gasteiger partial charge on any atom is 0.274 e. The van der Waals surface area contributed by atoms with Crippen molar-refractivity contribution in [3.05, 3.63) is 82.1 Å². The van der Waals surface area contributed by atoms with Crippen LogP contribution in [0.25, 0.3) is 0 Å². The summed E-state index contributed by atoms with van der Waals surface area (Å²) in [4.78, 5) is 21.0. The fraction of sp³-hybridized carbons (Fsp3) is 0.150. The second-order valence-electron chi connectivity index (χ2n) is 6.00. The van der Waals surface area contributed by atoms with Crippen molar-refractivity contribution in [3.8, 4) is 0 Å². The van der Waals surface area contributed by atoms with Crippen molar-refractivity contribution in [2.24, 2.45) is 0 Å². The van der Waals surface area contributed by atoms with Crippen LogP contribution in [0.15, 0.2) is 54.7 Å². The first-order chi connectivity index (χ1) is 12.5. The van der Waals surface area contributed by atoms with Crippen molar-refractivity contribution in [3.63, 3.8) is 0 Å². The molecule has 0 saturated heterocycles. The van der Waals surface area contributed by atoms with Gasteiger partial charge in [0.1, 0.15) is 5.69 Å². The molecule has 1 aromatic heterocycles. The Bertz CT molecular complexity index is 905. The van der Waals surface area contributed by atoms with Crippen molar-refractivity contribution in [2.45, 2.75) is 20.4 Å². The van der Waals surface area contributed by atoms with Gasteiger partial charge in [0.15, 0.2) is 0 Å². The number of aromatic nitrogens is 2. The van der Waals surface area contributed by atoms with E-state index in [0.717, 1.165) is 16.7 Å². The Morgan fingerprint density at radius 3 is 2.62 bits per heavy atom. The van der Waals surface area contributed by atoms with Crippen LogP contribution in [-0.4, -0.2) is 15.9 Å². The Balaban J connectivity index is 1.72. The molecule has 0 aliphatic rings. The zero-order valence-electron chi connectivity index (χ0n) is 14.6. The first-order valence-corrected chi connectivity index (χ1v) is 8.59. The summed E-state index contributed by atoms with van der Waals surface area (Å²) in [5, 5.41) is 6.46. The first kappa shape index (κ1) is 17.9. The molecule has 2 aromatic carbocycles. The number of halogens is 1. The summed E-state index contributed by atoms with van der Waals surface area (Å²) in [5.74, 6) is 0.0669. The van der Waals surface area contributed by atoms with E-state index in [1.165, 1.54) is 0 Å². The standard InChI is InChI=1S/C20H19ClN4O/c1-13-10-14(2)18(16(21)11-13)25-19(26)17-8-9-22-20(24-17)23-12-15-6-4-3-5-7-15/h3-11H,12H2,1-2H3,(H,25,26)(H,22,23,24). The Kier molecular flexibility index (Phi) is 5.49. The molecule has 0 atom stereocenters. The number of aryl methyl sites for hydroxylation is 2. The molecule has 0 bridgehead atoms. The highest BCUT2D eigenvalue weighted by molar-refractivity contribution is 6.34. The van der Waals surface area contributed by atoms with Gasteiger partial charge in [0, 0.05) is 12.7 Å². The van der Waals surface area contributed by atoms with Gasteiger partial charge in [0.2, 0.25) is 5.95 Å². The number of hydrogen-bond donors (Lipinski definition) is 2. The highest BCUT2D eigenvalue weighted by Crippen LogP contribution is 2.27. The lowest BCUT2D eigenvalue weighted by Crippen LogP contribution is -2.16. The van der Waals surface area contributed by atoms with Crippen LogP contribution in [0.5, 0.6) is 0 Å². The molecule has 5 nitrogen and oxygen atoms in total. The van der Waals surface area contributed by atoms with E-state index in [9.17, 15) is 4.79 Å². The van der Waals surface area contributed by atoms with E-state index in [1.54, 1.807) is 12.3 Å². The van der Waals surface area contributed by atoms with E-state index in [1.807, 2.05) is 56.3 Å². The number of anilines is 2. The molecular formula is C20H19ClN4O. The van der Waals surface area contributed by atoms with E-state index in [4.69, 9.17) is 11.6 Å². The van der Waals surface area contributed by atoms with E-state index in [-0.39, 0.29) is 11.6 Å². The molecule has 6 heteroatoms. The third kappa shape index (κ3) is 4.37. The van der Waals surface area contributed by atoms with Crippen LogP contribution in [0.4, 0.5) is 11.6 Å². The lowest BCUT2D eigenvalue weighted by atomic mass is 10.1. The van der Waals surface area contributed by atoms with Gasteiger partial charge in [0.05, 0.1) is 10.7 Å². The van der Waals surface area contributed by atoms with Crippen LogP contribution in [0.3, 0.4) is 0 Å². The number of hydrogen-bond acceptors (Lipinski definition) is 4. The Labute approximate surface area is 157 Å². The molecule has 0 spiro atoms. The van der Waals surface area contributed by atoms with Gasteiger partial charge in [-0.3, -0.25) is 4.79 Å². The lowest BCUT2D eigenvalue weighted by molar-refractivity contribution is 0.102. The van der Waals surface area contributed by atoms with Gasteiger partial charge in [-0.05, 0) is 42.7 Å². The van der Waals surface area contributed by atoms with E-state index in [0.29, 0.717) is 23.2 Å². The summed E-state index contributed by atoms with van der Waals surface area (Å²) in [6.45, 7) is 4.44. The quantitative estimate of drug-likeness (QED) is 0.691. The Hall–Kier alpha value is -2.92. The average molecular weight is 367 g/mol. The summed E-state index contributed by atoms with van der Waals surface area (Å²) in [6.07, 6.45) is 1.55. The van der Waals surface area contributed by atoms with Crippen LogP contribution in [0.2, 0.25) is 5.02 Å². The minimum absolute atomic E-state index is 0.270. The van der Waals surface area contributed by atoms with Gasteiger partial charge >= 0.3 is 0 Å². The molecule has 0 fully saturated rings. The van der Waals surface area contributed by atoms with Crippen molar-refractivity contribution in [2.75, 3.05) is 10.6 Å². The second kappa shape index (κ2) is 7.97. The molecule has 3 rings (SSSR count). The molecule has 132 valence electrons.